The van der Waals surface area contributed by atoms with E-state index in [9.17, 15) is 43.5 Å². The summed E-state index contributed by atoms with van der Waals surface area (Å²) in [6.07, 6.45) is 3.47. The number of nitrogens with zero attached hydrogens (tertiary/aromatic N) is 1. The SMILES string of the molecule is C=CC(=O)OCC(COC(=O)C=C)NC(C)C(=O)NC1=N/C(=C\c2[nH]c(NC(=O)C(C)Sc3cc(OC=O)cc(C(=O)O)c3)c(C(=O)NC)c2-c2ccccc2)C(c2ccccc2)=C1C(=O)NC. The monoisotopic (exact) mass is 945 g/mol. The number of esters is 2. The lowest BCUT2D eigenvalue weighted by molar-refractivity contribution is -0.141. The first-order valence-electron chi connectivity index (χ1n) is 20.6. The molecule has 1 aliphatic heterocycles. The number of thioether (sulfide) groups is 1. The zero-order valence-corrected chi connectivity index (χ0v) is 38.0. The van der Waals surface area contributed by atoms with Gasteiger partial charge in [0.1, 0.15) is 30.6 Å². The highest BCUT2D eigenvalue weighted by Gasteiger charge is 2.34. The summed E-state index contributed by atoms with van der Waals surface area (Å²) in [7, 11) is 2.83. The number of aromatic carboxylic acids is 1. The van der Waals surface area contributed by atoms with Crippen LogP contribution in [0.3, 0.4) is 0 Å². The molecule has 1 aliphatic rings. The van der Waals surface area contributed by atoms with Crippen molar-refractivity contribution in [3.05, 3.63) is 138 Å². The fourth-order valence-electron chi connectivity index (χ4n) is 6.68. The van der Waals surface area contributed by atoms with Crippen molar-refractivity contribution in [1.82, 2.24) is 26.3 Å². The van der Waals surface area contributed by atoms with E-state index >= 15 is 0 Å². The molecule has 0 spiro atoms. The zero-order chi connectivity index (χ0) is 49.5. The van der Waals surface area contributed by atoms with Gasteiger partial charge in [-0.05, 0) is 49.2 Å². The summed E-state index contributed by atoms with van der Waals surface area (Å²) in [5.41, 5.74) is 1.94. The number of carboxylic acids is 1. The van der Waals surface area contributed by atoms with Crippen LogP contribution in [0.15, 0.2) is 125 Å². The van der Waals surface area contributed by atoms with Gasteiger partial charge in [-0.25, -0.2) is 19.4 Å². The molecular formula is C48H47N7O12S. The fraction of sp³-hybridized carbons (Fsp3) is 0.188. The number of amidine groups is 1. The Hall–Kier alpha value is -8.36. The average Bonchev–Trinajstić information content (AvgIpc) is 3.88. The standard InChI is InChI=1S/C48H47N7O12S/c1-7-36(57)65-23-31(24-66-37(58)8-2)51-26(3)44(59)54-42-40(46(61)49-5)38(28-15-11-9-12-16-28)34(52-42)22-35-39(29-17-13-10-14-18-29)41(47(62)50-6)43(53-35)55-45(60)27(4)68-33-20-30(48(63)64)19-32(21-33)67-25-56/h7-22,25-27,31,51,53H,1-2,23-24H2,3-6H3,(H,49,61)(H,50,62)(H,55,60)(H,63,64)(H,52,54,59)/b34-22-. The molecule has 19 nitrogen and oxygen atoms in total. The van der Waals surface area contributed by atoms with E-state index in [-0.39, 0.29) is 65.2 Å². The van der Waals surface area contributed by atoms with Crippen molar-refractivity contribution in [1.29, 1.82) is 0 Å². The van der Waals surface area contributed by atoms with Gasteiger partial charge >= 0.3 is 17.9 Å². The van der Waals surface area contributed by atoms with Gasteiger partial charge in [0.2, 0.25) is 11.8 Å². The molecule has 0 saturated heterocycles. The number of ether oxygens (including phenoxy) is 3. The van der Waals surface area contributed by atoms with Gasteiger partial charge in [0.25, 0.3) is 18.3 Å². The van der Waals surface area contributed by atoms with Crippen LogP contribution in [-0.4, -0.2) is 109 Å². The number of hydrogen-bond acceptors (Lipinski definition) is 14. The molecule has 2 unspecified atom stereocenters. The van der Waals surface area contributed by atoms with Gasteiger partial charge in [-0.15, -0.1) is 11.8 Å². The van der Waals surface area contributed by atoms with Crippen LogP contribution in [0.25, 0.3) is 22.8 Å². The van der Waals surface area contributed by atoms with Crippen molar-refractivity contribution >= 4 is 83.1 Å². The Morgan fingerprint density at radius 1 is 0.809 bits per heavy atom. The summed E-state index contributed by atoms with van der Waals surface area (Å²) in [4.78, 5) is 110. The number of aliphatic imine (C=N–C) groups is 1. The Labute approximate surface area is 394 Å². The van der Waals surface area contributed by atoms with E-state index in [2.05, 4.69) is 44.7 Å². The van der Waals surface area contributed by atoms with Crippen LogP contribution in [-0.2, 0) is 38.2 Å². The second-order valence-electron chi connectivity index (χ2n) is 14.5. The third kappa shape index (κ3) is 12.7. The number of allylic oxidation sites excluding steroid dienone is 1. The lowest BCUT2D eigenvalue weighted by Crippen LogP contribution is -2.51. The minimum Gasteiger partial charge on any atom is -0.478 e. The Morgan fingerprint density at radius 3 is 1.97 bits per heavy atom. The maximum Gasteiger partial charge on any atom is 0.335 e. The number of carboxylic acid groups (broad SMARTS) is 1. The van der Waals surface area contributed by atoms with E-state index in [0.29, 0.717) is 27.2 Å². The lowest BCUT2D eigenvalue weighted by atomic mass is 9.95. The predicted molar refractivity (Wildman–Crippen MR) is 253 cm³/mol. The maximum absolute atomic E-state index is 14.0. The molecule has 0 aliphatic carbocycles. The lowest BCUT2D eigenvalue weighted by Gasteiger charge is -2.22. The number of nitrogens with one attached hydrogen (secondary N) is 6. The van der Waals surface area contributed by atoms with E-state index in [4.69, 9.17) is 19.2 Å². The molecule has 0 radical (unpaired) electrons. The molecule has 352 valence electrons. The molecule has 2 atom stereocenters. The number of carbonyl (C=O) groups excluding carboxylic acids is 7. The number of amides is 4. The highest BCUT2D eigenvalue weighted by atomic mass is 32.2. The second-order valence-corrected chi connectivity index (χ2v) is 15.9. The summed E-state index contributed by atoms with van der Waals surface area (Å²) < 4.78 is 15.2. The van der Waals surface area contributed by atoms with Crippen molar-refractivity contribution in [2.45, 2.75) is 36.1 Å². The molecule has 0 fully saturated rings. The van der Waals surface area contributed by atoms with Gasteiger partial charge in [-0.1, -0.05) is 73.8 Å². The first-order valence-corrected chi connectivity index (χ1v) is 21.5. The van der Waals surface area contributed by atoms with E-state index < -0.39 is 58.9 Å². The van der Waals surface area contributed by atoms with Crippen LogP contribution in [0.1, 0.15) is 45.8 Å². The normalized spacial score (nSPS) is 13.4. The molecular weight excluding hydrogens is 899 g/mol. The van der Waals surface area contributed by atoms with Gasteiger partial charge in [0, 0.05) is 42.3 Å². The zero-order valence-electron chi connectivity index (χ0n) is 37.2. The molecule has 0 bridgehead atoms. The summed E-state index contributed by atoms with van der Waals surface area (Å²) in [6, 6.07) is 19.5. The summed E-state index contributed by atoms with van der Waals surface area (Å²) in [5, 5.41) is 22.5. The highest BCUT2D eigenvalue weighted by Crippen LogP contribution is 2.40. The Morgan fingerprint density at radius 2 is 1.41 bits per heavy atom. The Bertz CT molecular complexity index is 2710. The van der Waals surface area contributed by atoms with Crippen molar-refractivity contribution in [2.24, 2.45) is 4.99 Å². The van der Waals surface area contributed by atoms with Gasteiger partial charge < -0.3 is 45.6 Å². The van der Waals surface area contributed by atoms with Crippen molar-refractivity contribution in [3.8, 4) is 16.9 Å². The molecule has 5 rings (SSSR count). The first kappa shape index (κ1) is 50.6. The van der Waals surface area contributed by atoms with Crippen LogP contribution < -0.4 is 31.3 Å². The van der Waals surface area contributed by atoms with Gasteiger partial charge in [-0.2, -0.15) is 0 Å². The third-order valence-corrected chi connectivity index (χ3v) is 10.9. The predicted octanol–water partition coefficient (Wildman–Crippen LogP) is 4.27. The largest absolute Gasteiger partial charge is 0.478 e. The fourth-order valence-corrected chi connectivity index (χ4v) is 7.64. The van der Waals surface area contributed by atoms with Gasteiger partial charge in [0.15, 0.2) is 0 Å². The smallest absolute Gasteiger partial charge is 0.335 e. The van der Waals surface area contributed by atoms with Crippen LogP contribution in [0.4, 0.5) is 5.82 Å². The molecule has 3 aromatic carbocycles. The number of likely N-dealkylation sites (N-methyl/N-ethyl adjacent to an activating group) is 1. The maximum atomic E-state index is 14.0. The Balaban J connectivity index is 1.61. The minimum absolute atomic E-state index is 0.0176. The molecule has 1 aromatic heterocycles. The van der Waals surface area contributed by atoms with Gasteiger partial charge in [-0.3, -0.25) is 29.3 Å². The number of aromatic amines is 1. The number of carbonyl (C=O) groups is 8. The van der Waals surface area contributed by atoms with Crippen LogP contribution in [0.5, 0.6) is 5.75 Å². The van der Waals surface area contributed by atoms with E-state index in [0.717, 1.165) is 30.0 Å². The van der Waals surface area contributed by atoms with Gasteiger partial charge in [0.05, 0.1) is 45.4 Å². The number of anilines is 1. The second kappa shape index (κ2) is 23.7. The summed E-state index contributed by atoms with van der Waals surface area (Å²) >= 11 is 0.973. The molecule has 4 amide bonds. The minimum atomic E-state index is -1.28. The first-order chi connectivity index (χ1) is 32.6. The number of hydrogen-bond donors (Lipinski definition) is 7. The average molecular weight is 946 g/mol. The highest BCUT2D eigenvalue weighted by molar-refractivity contribution is 8.00. The molecule has 7 N–H and O–H groups in total. The molecule has 0 saturated carbocycles. The molecule has 2 heterocycles. The molecule has 68 heavy (non-hydrogen) atoms. The van der Waals surface area contributed by atoms with E-state index in [1.165, 1.54) is 33.2 Å². The van der Waals surface area contributed by atoms with Crippen molar-refractivity contribution in [2.75, 3.05) is 32.6 Å². The van der Waals surface area contributed by atoms with E-state index in [1.807, 2.05) is 0 Å². The summed E-state index contributed by atoms with van der Waals surface area (Å²) in [6.45, 7) is 9.33. The number of H-pyrrole nitrogens is 1. The van der Waals surface area contributed by atoms with Crippen LogP contribution in [0, 0.1) is 0 Å². The molecule has 20 heteroatoms. The van der Waals surface area contributed by atoms with Crippen LogP contribution in [0.2, 0.25) is 0 Å². The number of rotatable bonds is 21. The summed E-state index contributed by atoms with van der Waals surface area (Å²) in [5.74, 6) is -5.46. The number of aromatic nitrogens is 1. The van der Waals surface area contributed by atoms with E-state index in [1.54, 1.807) is 73.7 Å². The quantitative estimate of drug-likeness (QED) is 0.0266. The third-order valence-electron chi connectivity index (χ3n) is 9.87. The van der Waals surface area contributed by atoms with Crippen molar-refractivity contribution in [3.63, 3.8) is 0 Å². The Kier molecular flexibility index (Phi) is 17.7. The van der Waals surface area contributed by atoms with Crippen LogP contribution >= 0.6 is 11.8 Å². The molecule has 4 aromatic rings. The number of benzene rings is 3. The van der Waals surface area contributed by atoms with Crippen molar-refractivity contribution < 1.29 is 57.7 Å². The topological polar surface area (TPSA) is 273 Å².